The summed E-state index contributed by atoms with van der Waals surface area (Å²) in [5.74, 6) is 1.80. The van der Waals surface area contributed by atoms with Crippen LogP contribution in [0, 0.1) is 5.92 Å². The van der Waals surface area contributed by atoms with E-state index in [0.29, 0.717) is 17.4 Å². The molecule has 2 aromatic rings. The molecular formula is C14H19N5O2. The number of methoxy groups -OCH3 is 1. The number of hydrogen-bond donors (Lipinski definition) is 1. The van der Waals surface area contributed by atoms with Gasteiger partial charge in [-0.2, -0.15) is 0 Å². The molecule has 21 heavy (non-hydrogen) atoms. The molecule has 1 aromatic heterocycles. The van der Waals surface area contributed by atoms with Crippen LogP contribution in [0.4, 0.5) is 5.69 Å². The number of tetrazole rings is 1. The molecule has 0 spiro atoms. The zero-order chi connectivity index (χ0) is 14.7. The van der Waals surface area contributed by atoms with Crippen molar-refractivity contribution in [3.8, 4) is 17.1 Å². The van der Waals surface area contributed by atoms with E-state index in [1.54, 1.807) is 13.2 Å². The number of benzene rings is 1. The molecule has 0 aliphatic carbocycles. The summed E-state index contributed by atoms with van der Waals surface area (Å²) in [4.78, 5) is 0. The maximum atomic E-state index is 5.84. The van der Waals surface area contributed by atoms with Gasteiger partial charge in [-0.15, -0.1) is 5.10 Å². The van der Waals surface area contributed by atoms with Gasteiger partial charge in [-0.3, -0.25) is 0 Å². The minimum atomic E-state index is 0.455. The molecule has 1 aliphatic heterocycles. The van der Waals surface area contributed by atoms with Crippen LogP contribution in [0.15, 0.2) is 18.2 Å². The first kappa shape index (κ1) is 13.8. The van der Waals surface area contributed by atoms with Gasteiger partial charge >= 0.3 is 0 Å². The number of ether oxygens (including phenoxy) is 2. The molecule has 0 radical (unpaired) electrons. The zero-order valence-electron chi connectivity index (χ0n) is 12.0. The van der Waals surface area contributed by atoms with Gasteiger partial charge in [0, 0.05) is 18.1 Å². The van der Waals surface area contributed by atoms with Gasteiger partial charge in [0.15, 0.2) is 5.82 Å². The van der Waals surface area contributed by atoms with Crippen LogP contribution in [0.1, 0.15) is 12.8 Å². The first-order valence-corrected chi connectivity index (χ1v) is 7.05. The summed E-state index contributed by atoms with van der Waals surface area (Å²) in [7, 11) is 1.60. The number of anilines is 1. The Morgan fingerprint density at radius 1 is 1.48 bits per heavy atom. The minimum absolute atomic E-state index is 0.455. The van der Waals surface area contributed by atoms with E-state index in [-0.39, 0.29) is 0 Å². The molecule has 3 rings (SSSR count). The summed E-state index contributed by atoms with van der Waals surface area (Å²) in [6.07, 6.45) is 2.24. The van der Waals surface area contributed by atoms with Crippen LogP contribution in [-0.2, 0) is 11.3 Å². The predicted molar refractivity (Wildman–Crippen MR) is 77.8 cm³/mol. The lowest BCUT2D eigenvalue weighted by Gasteiger charge is -2.22. The third-order valence-electron chi connectivity index (χ3n) is 3.71. The Morgan fingerprint density at radius 3 is 3.14 bits per heavy atom. The van der Waals surface area contributed by atoms with E-state index in [2.05, 4.69) is 15.5 Å². The molecule has 2 N–H and O–H groups in total. The van der Waals surface area contributed by atoms with Crippen molar-refractivity contribution in [3.63, 3.8) is 0 Å². The maximum Gasteiger partial charge on any atom is 0.182 e. The molecule has 1 saturated heterocycles. The van der Waals surface area contributed by atoms with Crippen molar-refractivity contribution in [2.75, 3.05) is 26.1 Å². The Hall–Kier alpha value is -2.15. The van der Waals surface area contributed by atoms with E-state index < -0.39 is 0 Å². The summed E-state index contributed by atoms with van der Waals surface area (Å²) in [5.41, 5.74) is 7.33. The molecule has 1 aliphatic rings. The van der Waals surface area contributed by atoms with Gasteiger partial charge in [-0.1, -0.05) is 0 Å². The second kappa shape index (κ2) is 6.09. The topological polar surface area (TPSA) is 88.1 Å². The molecule has 1 aromatic carbocycles. The SMILES string of the molecule is COc1cc(-c2nnnn2CC2CCCOC2)ccc1N. The lowest BCUT2D eigenvalue weighted by atomic mass is 10.0. The quantitative estimate of drug-likeness (QED) is 0.855. The van der Waals surface area contributed by atoms with Crippen LogP contribution in [0.3, 0.4) is 0 Å². The zero-order valence-corrected chi connectivity index (χ0v) is 12.0. The standard InChI is InChI=1S/C14H19N5O2/c1-20-13-7-11(4-5-12(13)15)14-16-17-18-19(14)8-10-3-2-6-21-9-10/h4-5,7,10H,2-3,6,8-9,15H2,1H3. The van der Waals surface area contributed by atoms with E-state index in [1.807, 2.05) is 16.8 Å². The smallest absolute Gasteiger partial charge is 0.182 e. The highest BCUT2D eigenvalue weighted by Gasteiger charge is 2.18. The second-order valence-electron chi connectivity index (χ2n) is 5.22. The fourth-order valence-corrected chi connectivity index (χ4v) is 2.58. The van der Waals surface area contributed by atoms with Gasteiger partial charge in [0.05, 0.1) is 25.9 Å². The average molecular weight is 289 g/mol. The number of hydrogen-bond acceptors (Lipinski definition) is 6. The second-order valence-corrected chi connectivity index (χ2v) is 5.22. The lowest BCUT2D eigenvalue weighted by molar-refractivity contribution is 0.0470. The Morgan fingerprint density at radius 2 is 2.38 bits per heavy atom. The van der Waals surface area contributed by atoms with E-state index in [9.17, 15) is 0 Å². The Kier molecular flexibility index (Phi) is 4.01. The summed E-state index contributed by atoms with van der Waals surface area (Å²) in [5, 5.41) is 12.0. The molecule has 1 unspecified atom stereocenters. The highest BCUT2D eigenvalue weighted by molar-refractivity contribution is 5.65. The van der Waals surface area contributed by atoms with Crippen LogP contribution in [-0.4, -0.2) is 40.5 Å². The molecule has 1 atom stereocenters. The monoisotopic (exact) mass is 289 g/mol. The van der Waals surface area contributed by atoms with E-state index in [1.165, 1.54) is 0 Å². The van der Waals surface area contributed by atoms with Crippen molar-refractivity contribution in [2.24, 2.45) is 5.92 Å². The normalized spacial score (nSPS) is 18.6. The van der Waals surface area contributed by atoms with Crippen molar-refractivity contribution in [2.45, 2.75) is 19.4 Å². The van der Waals surface area contributed by atoms with Crippen LogP contribution in [0.2, 0.25) is 0 Å². The van der Waals surface area contributed by atoms with Crippen LogP contribution in [0.25, 0.3) is 11.4 Å². The third kappa shape index (κ3) is 2.97. The van der Waals surface area contributed by atoms with Crippen molar-refractivity contribution in [3.05, 3.63) is 18.2 Å². The summed E-state index contributed by atoms with van der Waals surface area (Å²) in [6.45, 7) is 2.38. The van der Waals surface area contributed by atoms with Crippen molar-refractivity contribution in [1.29, 1.82) is 0 Å². The number of nitrogen functional groups attached to an aromatic ring is 1. The molecule has 7 heteroatoms. The fourth-order valence-electron chi connectivity index (χ4n) is 2.58. The number of aromatic nitrogens is 4. The van der Waals surface area contributed by atoms with E-state index in [0.717, 1.165) is 44.0 Å². The van der Waals surface area contributed by atoms with Gasteiger partial charge in [0.1, 0.15) is 5.75 Å². The molecule has 0 saturated carbocycles. The van der Waals surface area contributed by atoms with Crippen LogP contribution < -0.4 is 10.5 Å². The van der Waals surface area contributed by atoms with Crippen LogP contribution in [0.5, 0.6) is 5.75 Å². The highest BCUT2D eigenvalue weighted by atomic mass is 16.5. The first-order valence-electron chi connectivity index (χ1n) is 7.05. The number of rotatable bonds is 4. The first-order chi connectivity index (χ1) is 10.3. The molecule has 0 amide bonds. The van der Waals surface area contributed by atoms with Gasteiger partial charge in [-0.05, 0) is 41.5 Å². The van der Waals surface area contributed by atoms with Crippen LogP contribution >= 0.6 is 0 Å². The van der Waals surface area contributed by atoms with Gasteiger partial charge in [0.25, 0.3) is 0 Å². The van der Waals surface area contributed by atoms with E-state index in [4.69, 9.17) is 15.2 Å². The molecule has 0 bridgehead atoms. The fraction of sp³-hybridized carbons (Fsp3) is 0.500. The average Bonchev–Trinajstić information content (AvgIpc) is 2.97. The molecule has 2 heterocycles. The summed E-state index contributed by atoms with van der Waals surface area (Å²) in [6, 6.07) is 5.56. The van der Waals surface area contributed by atoms with Crippen molar-refractivity contribution < 1.29 is 9.47 Å². The van der Waals surface area contributed by atoms with Crippen molar-refractivity contribution in [1.82, 2.24) is 20.2 Å². The largest absolute Gasteiger partial charge is 0.495 e. The molecule has 112 valence electrons. The number of nitrogens with zero attached hydrogens (tertiary/aromatic N) is 4. The minimum Gasteiger partial charge on any atom is -0.495 e. The van der Waals surface area contributed by atoms with Crippen molar-refractivity contribution >= 4 is 5.69 Å². The Bertz CT molecular complexity index is 607. The lowest BCUT2D eigenvalue weighted by Crippen LogP contribution is -2.23. The van der Waals surface area contributed by atoms with Gasteiger partial charge in [-0.25, -0.2) is 4.68 Å². The molecular weight excluding hydrogens is 270 g/mol. The Labute approximate surface area is 123 Å². The highest BCUT2D eigenvalue weighted by Crippen LogP contribution is 2.28. The predicted octanol–water partition coefficient (Wildman–Crippen LogP) is 1.36. The maximum absolute atomic E-state index is 5.84. The summed E-state index contributed by atoms with van der Waals surface area (Å²) < 4.78 is 12.6. The van der Waals surface area contributed by atoms with Gasteiger partial charge in [0.2, 0.25) is 0 Å². The van der Waals surface area contributed by atoms with E-state index >= 15 is 0 Å². The molecule has 7 nitrogen and oxygen atoms in total. The Balaban J connectivity index is 1.84. The molecule has 1 fully saturated rings. The number of nitrogens with two attached hydrogens (primary N) is 1. The van der Waals surface area contributed by atoms with Gasteiger partial charge < -0.3 is 15.2 Å². The summed E-state index contributed by atoms with van der Waals surface area (Å²) >= 11 is 0. The third-order valence-corrected chi connectivity index (χ3v) is 3.71.